The van der Waals surface area contributed by atoms with E-state index in [0.717, 1.165) is 25.7 Å². The maximum absolute atomic E-state index is 11.1. The fourth-order valence-electron chi connectivity index (χ4n) is 4.34. The van der Waals surface area contributed by atoms with Crippen molar-refractivity contribution in [1.82, 2.24) is 10.2 Å². The molecule has 24 heavy (non-hydrogen) atoms. The van der Waals surface area contributed by atoms with E-state index in [4.69, 9.17) is 0 Å². The predicted molar refractivity (Wildman–Crippen MR) is 96.1 cm³/mol. The average molecular weight is 330 g/mol. The van der Waals surface area contributed by atoms with Gasteiger partial charge in [0.15, 0.2) is 0 Å². The molecule has 132 valence electrons. The number of aldehydes is 1. The van der Waals surface area contributed by atoms with Crippen LogP contribution in [0.1, 0.15) is 57.2 Å². The van der Waals surface area contributed by atoms with Gasteiger partial charge in [-0.15, -0.1) is 0 Å². The number of aliphatic hydroxyl groups excluding tert-OH is 1. The van der Waals surface area contributed by atoms with Crippen molar-refractivity contribution in [2.24, 2.45) is 0 Å². The summed E-state index contributed by atoms with van der Waals surface area (Å²) in [5.74, 6) is 0. The first-order valence-electron chi connectivity index (χ1n) is 9.15. The summed E-state index contributed by atoms with van der Waals surface area (Å²) in [5.41, 5.74) is 2.86. The predicted octanol–water partition coefficient (Wildman–Crippen LogP) is 2.41. The van der Waals surface area contributed by atoms with Gasteiger partial charge in [0, 0.05) is 12.6 Å². The van der Waals surface area contributed by atoms with Crippen LogP contribution in [0.2, 0.25) is 0 Å². The highest BCUT2D eigenvalue weighted by molar-refractivity contribution is 5.59. The van der Waals surface area contributed by atoms with E-state index in [9.17, 15) is 9.90 Å². The van der Waals surface area contributed by atoms with Gasteiger partial charge in [0.05, 0.1) is 18.2 Å². The molecule has 0 aliphatic carbocycles. The zero-order valence-electron chi connectivity index (χ0n) is 15.0. The van der Waals surface area contributed by atoms with Gasteiger partial charge in [0.1, 0.15) is 6.29 Å². The number of hydrogen-bond donors (Lipinski definition) is 2. The molecule has 2 fully saturated rings. The van der Waals surface area contributed by atoms with Crippen LogP contribution in [0.3, 0.4) is 0 Å². The molecule has 4 nitrogen and oxygen atoms in total. The van der Waals surface area contributed by atoms with E-state index in [0.29, 0.717) is 12.6 Å². The first-order chi connectivity index (χ1) is 11.4. The second kappa shape index (κ2) is 6.95. The molecule has 2 heterocycles. The molecule has 1 aromatic rings. The minimum Gasteiger partial charge on any atom is -0.389 e. The number of nitrogens with zero attached hydrogens (tertiary/aromatic N) is 1. The molecule has 4 heteroatoms. The summed E-state index contributed by atoms with van der Waals surface area (Å²) in [6, 6.07) is 8.62. The second-order valence-corrected chi connectivity index (χ2v) is 8.21. The lowest BCUT2D eigenvalue weighted by Crippen LogP contribution is -2.49. The highest BCUT2D eigenvalue weighted by atomic mass is 16.3. The molecule has 2 N–H and O–H groups in total. The van der Waals surface area contributed by atoms with Gasteiger partial charge in [0.25, 0.3) is 0 Å². The molecule has 2 unspecified atom stereocenters. The number of likely N-dealkylation sites (tertiary alicyclic amines) is 1. The van der Waals surface area contributed by atoms with E-state index in [1.165, 1.54) is 17.5 Å². The molecule has 1 aromatic carbocycles. The molecule has 2 saturated heterocycles. The van der Waals surface area contributed by atoms with E-state index >= 15 is 0 Å². The molecule has 3 rings (SSSR count). The van der Waals surface area contributed by atoms with Gasteiger partial charge < -0.3 is 15.2 Å². The largest absolute Gasteiger partial charge is 0.389 e. The normalized spacial score (nSPS) is 32.0. The van der Waals surface area contributed by atoms with E-state index in [1.807, 2.05) is 0 Å². The third-order valence-electron chi connectivity index (χ3n) is 5.57. The second-order valence-electron chi connectivity index (χ2n) is 8.21. The SMILES string of the molecule is CC(C)(C)c1ccccc1C1CCCCN1C1CN[C@H](C=O)[C@@H]1O. The van der Waals surface area contributed by atoms with Gasteiger partial charge in [-0.3, -0.25) is 4.90 Å². The maximum Gasteiger partial charge on any atom is 0.139 e. The molecule has 0 bridgehead atoms. The summed E-state index contributed by atoms with van der Waals surface area (Å²) >= 11 is 0. The number of rotatable bonds is 3. The quantitative estimate of drug-likeness (QED) is 0.836. The van der Waals surface area contributed by atoms with Gasteiger partial charge in [0.2, 0.25) is 0 Å². The highest BCUT2D eigenvalue weighted by Crippen LogP contribution is 2.39. The molecule has 0 amide bonds. The summed E-state index contributed by atoms with van der Waals surface area (Å²) in [7, 11) is 0. The summed E-state index contributed by atoms with van der Waals surface area (Å²) in [6.45, 7) is 8.44. The summed E-state index contributed by atoms with van der Waals surface area (Å²) in [6.07, 6.45) is 3.70. The molecule has 0 aromatic heterocycles. The molecule has 2 aliphatic heterocycles. The number of nitrogens with one attached hydrogen (secondary N) is 1. The van der Waals surface area contributed by atoms with Crippen LogP contribution in [0.15, 0.2) is 24.3 Å². The van der Waals surface area contributed by atoms with Crippen molar-refractivity contribution in [3.05, 3.63) is 35.4 Å². The van der Waals surface area contributed by atoms with Gasteiger partial charge in [-0.05, 0) is 35.9 Å². The van der Waals surface area contributed by atoms with Crippen LogP contribution in [-0.4, -0.2) is 47.6 Å². The Balaban J connectivity index is 1.93. The van der Waals surface area contributed by atoms with Crippen molar-refractivity contribution in [1.29, 1.82) is 0 Å². The number of carbonyl (C=O) groups is 1. The average Bonchev–Trinajstić information content (AvgIpc) is 2.94. The molecule has 0 saturated carbocycles. The molecule has 2 aliphatic rings. The minimum atomic E-state index is -0.620. The lowest BCUT2D eigenvalue weighted by atomic mass is 9.79. The van der Waals surface area contributed by atoms with Crippen LogP contribution in [0, 0.1) is 0 Å². The van der Waals surface area contributed by atoms with Crippen molar-refractivity contribution >= 4 is 6.29 Å². The van der Waals surface area contributed by atoms with Crippen molar-refractivity contribution in [3.8, 4) is 0 Å². The van der Waals surface area contributed by atoms with Gasteiger partial charge in [-0.25, -0.2) is 0 Å². The van der Waals surface area contributed by atoms with E-state index in [2.05, 4.69) is 55.3 Å². The van der Waals surface area contributed by atoms with Crippen LogP contribution >= 0.6 is 0 Å². The highest BCUT2D eigenvalue weighted by Gasteiger charge is 2.42. The Bertz CT molecular complexity index is 581. The van der Waals surface area contributed by atoms with Gasteiger partial charge >= 0.3 is 0 Å². The summed E-state index contributed by atoms with van der Waals surface area (Å²) in [5, 5.41) is 13.7. The minimum absolute atomic E-state index is 0.0125. The fourth-order valence-corrected chi connectivity index (χ4v) is 4.34. The number of hydrogen-bond acceptors (Lipinski definition) is 4. The van der Waals surface area contributed by atoms with Crippen LogP contribution in [0.5, 0.6) is 0 Å². The van der Waals surface area contributed by atoms with Crippen LogP contribution in [0.25, 0.3) is 0 Å². The van der Waals surface area contributed by atoms with Crippen LogP contribution in [-0.2, 0) is 10.2 Å². The standard InChI is InChI=1S/C20H30N2O2/c1-20(2,3)15-9-5-4-8-14(15)17-10-6-7-11-22(17)18-12-21-16(13-23)19(18)24/h4-5,8-9,13,16-19,21,24H,6-7,10-12H2,1-3H3/t16-,17?,18?,19+/m1/s1. The molecule has 0 radical (unpaired) electrons. The smallest absolute Gasteiger partial charge is 0.139 e. The lowest BCUT2D eigenvalue weighted by molar-refractivity contribution is -0.111. The third kappa shape index (κ3) is 3.28. The van der Waals surface area contributed by atoms with Crippen LogP contribution in [0.4, 0.5) is 0 Å². The summed E-state index contributed by atoms with van der Waals surface area (Å²) in [4.78, 5) is 13.6. The Morgan fingerprint density at radius 1 is 1.25 bits per heavy atom. The zero-order chi connectivity index (χ0) is 17.3. The van der Waals surface area contributed by atoms with Crippen molar-refractivity contribution < 1.29 is 9.90 Å². The van der Waals surface area contributed by atoms with E-state index < -0.39 is 12.1 Å². The van der Waals surface area contributed by atoms with Gasteiger partial charge in [-0.1, -0.05) is 51.5 Å². The molecule has 0 spiro atoms. The Hall–Kier alpha value is -1.23. The first kappa shape index (κ1) is 17.6. The van der Waals surface area contributed by atoms with Crippen molar-refractivity contribution in [3.63, 3.8) is 0 Å². The first-order valence-corrected chi connectivity index (χ1v) is 9.15. The molecular weight excluding hydrogens is 300 g/mol. The Morgan fingerprint density at radius 2 is 2.00 bits per heavy atom. The zero-order valence-corrected chi connectivity index (χ0v) is 15.0. The Labute approximate surface area is 145 Å². The molecule has 4 atom stereocenters. The lowest BCUT2D eigenvalue weighted by Gasteiger charge is -2.42. The molecular formula is C20H30N2O2. The van der Waals surface area contributed by atoms with Crippen molar-refractivity contribution in [2.45, 2.75) is 69.7 Å². The van der Waals surface area contributed by atoms with Crippen LogP contribution < -0.4 is 5.32 Å². The van der Waals surface area contributed by atoms with E-state index in [1.54, 1.807) is 0 Å². The third-order valence-corrected chi connectivity index (χ3v) is 5.57. The summed E-state index contributed by atoms with van der Waals surface area (Å²) < 4.78 is 0. The van der Waals surface area contributed by atoms with E-state index in [-0.39, 0.29) is 11.5 Å². The van der Waals surface area contributed by atoms with Gasteiger partial charge in [-0.2, -0.15) is 0 Å². The number of carbonyl (C=O) groups excluding carboxylic acids is 1. The maximum atomic E-state index is 11.1. The monoisotopic (exact) mass is 330 g/mol. The fraction of sp³-hybridized carbons (Fsp3) is 0.650. The number of piperidine rings is 1. The number of aliphatic hydroxyl groups is 1. The Kier molecular flexibility index (Phi) is 5.09. The topological polar surface area (TPSA) is 52.6 Å². The van der Waals surface area contributed by atoms with Crippen molar-refractivity contribution in [2.75, 3.05) is 13.1 Å². The Morgan fingerprint density at radius 3 is 2.67 bits per heavy atom. The number of benzene rings is 1.